The lowest BCUT2D eigenvalue weighted by Gasteiger charge is -2.09. The van der Waals surface area contributed by atoms with E-state index in [2.05, 4.69) is 9.97 Å². The van der Waals surface area contributed by atoms with Crippen LogP contribution in [0.2, 0.25) is 0 Å². The quantitative estimate of drug-likeness (QED) is 0.769. The third-order valence-corrected chi connectivity index (χ3v) is 2.49. The molecule has 0 atom stereocenters. The Bertz CT molecular complexity index is 570. The highest BCUT2D eigenvalue weighted by molar-refractivity contribution is 5.76. The Morgan fingerprint density at radius 3 is 2.61 bits per heavy atom. The highest BCUT2D eigenvalue weighted by Crippen LogP contribution is 2.32. The fourth-order valence-electron chi connectivity index (χ4n) is 1.60. The number of carbonyl (C=O) groups is 1. The second kappa shape index (κ2) is 5.27. The van der Waals surface area contributed by atoms with Gasteiger partial charge in [0.25, 0.3) is 0 Å². The molecule has 0 bridgehead atoms. The van der Waals surface area contributed by atoms with Gasteiger partial charge in [-0.15, -0.1) is 0 Å². The molecular formula is C13H12N2O3. The van der Waals surface area contributed by atoms with Gasteiger partial charge in [-0.25, -0.2) is 9.97 Å². The summed E-state index contributed by atoms with van der Waals surface area (Å²) in [5.41, 5.74) is 1.69. The molecule has 0 aliphatic carbocycles. The number of rotatable bonds is 4. The lowest BCUT2D eigenvalue weighted by molar-refractivity contribution is 0.111. The average Bonchev–Trinajstić information content (AvgIpc) is 2.46. The summed E-state index contributed by atoms with van der Waals surface area (Å²) in [4.78, 5) is 18.7. The Balaban J connectivity index is 2.56. The van der Waals surface area contributed by atoms with Crippen LogP contribution in [0, 0.1) is 0 Å². The Morgan fingerprint density at radius 2 is 1.94 bits per heavy atom. The predicted octanol–water partition coefficient (Wildman–Crippen LogP) is 1.97. The summed E-state index contributed by atoms with van der Waals surface area (Å²) in [5, 5.41) is 0. The minimum atomic E-state index is 0.324. The van der Waals surface area contributed by atoms with Gasteiger partial charge in [0.05, 0.1) is 19.9 Å². The molecule has 0 saturated heterocycles. The summed E-state index contributed by atoms with van der Waals surface area (Å²) < 4.78 is 10.4. The van der Waals surface area contributed by atoms with Crippen molar-refractivity contribution in [2.45, 2.75) is 0 Å². The highest BCUT2D eigenvalue weighted by atomic mass is 16.5. The number of hydrogen-bond donors (Lipinski definition) is 0. The highest BCUT2D eigenvalue weighted by Gasteiger charge is 2.09. The molecule has 2 rings (SSSR count). The van der Waals surface area contributed by atoms with Gasteiger partial charge in [-0.1, -0.05) is 0 Å². The van der Waals surface area contributed by atoms with Crippen LogP contribution >= 0.6 is 0 Å². The van der Waals surface area contributed by atoms with E-state index in [1.54, 1.807) is 38.5 Å². The Labute approximate surface area is 104 Å². The summed E-state index contributed by atoms with van der Waals surface area (Å²) in [7, 11) is 3.16. The van der Waals surface area contributed by atoms with Gasteiger partial charge in [0, 0.05) is 5.56 Å². The molecule has 0 spiro atoms. The molecule has 2 aromatic rings. The first-order chi connectivity index (χ1) is 8.78. The first-order valence-electron chi connectivity index (χ1n) is 5.28. The summed E-state index contributed by atoms with van der Waals surface area (Å²) in [5.74, 6) is 1.35. The molecule has 5 heteroatoms. The van der Waals surface area contributed by atoms with Crippen molar-refractivity contribution in [3.63, 3.8) is 0 Å². The Hall–Kier alpha value is -2.43. The molecular weight excluding hydrogens is 232 g/mol. The van der Waals surface area contributed by atoms with E-state index in [-0.39, 0.29) is 0 Å². The molecule has 0 fully saturated rings. The molecule has 5 nitrogen and oxygen atoms in total. The SMILES string of the molecule is COc1ccc(OC)c(-c2cc(C=O)ncn2)c1. The number of methoxy groups -OCH3 is 2. The number of ether oxygens (including phenoxy) is 2. The molecule has 1 aromatic heterocycles. The van der Waals surface area contributed by atoms with Crippen molar-refractivity contribution < 1.29 is 14.3 Å². The van der Waals surface area contributed by atoms with Gasteiger partial charge >= 0.3 is 0 Å². The topological polar surface area (TPSA) is 61.3 Å². The summed E-state index contributed by atoms with van der Waals surface area (Å²) >= 11 is 0. The van der Waals surface area contributed by atoms with Crippen molar-refractivity contribution in [1.29, 1.82) is 0 Å². The molecule has 1 heterocycles. The third kappa shape index (κ3) is 2.29. The molecule has 0 aliphatic rings. The van der Waals surface area contributed by atoms with Crippen LogP contribution in [0.25, 0.3) is 11.3 Å². The van der Waals surface area contributed by atoms with Crippen LogP contribution in [-0.4, -0.2) is 30.5 Å². The van der Waals surface area contributed by atoms with Crippen molar-refractivity contribution in [3.8, 4) is 22.8 Å². The second-order valence-corrected chi connectivity index (χ2v) is 3.51. The Kier molecular flexibility index (Phi) is 3.52. The fraction of sp³-hybridized carbons (Fsp3) is 0.154. The van der Waals surface area contributed by atoms with E-state index < -0.39 is 0 Å². The van der Waals surface area contributed by atoms with E-state index >= 15 is 0 Å². The van der Waals surface area contributed by atoms with Crippen LogP contribution in [-0.2, 0) is 0 Å². The number of nitrogens with zero attached hydrogens (tertiary/aromatic N) is 2. The number of aromatic nitrogens is 2. The molecule has 92 valence electrons. The van der Waals surface area contributed by atoms with Crippen molar-refractivity contribution >= 4 is 6.29 Å². The van der Waals surface area contributed by atoms with Crippen LogP contribution in [0.1, 0.15) is 10.5 Å². The number of carbonyl (C=O) groups excluding carboxylic acids is 1. The molecule has 0 radical (unpaired) electrons. The summed E-state index contributed by atoms with van der Waals surface area (Å²) in [6.45, 7) is 0. The van der Waals surface area contributed by atoms with E-state index in [4.69, 9.17) is 9.47 Å². The zero-order chi connectivity index (χ0) is 13.0. The van der Waals surface area contributed by atoms with E-state index in [1.165, 1.54) is 6.33 Å². The largest absolute Gasteiger partial charge is 0.497 e. The van der Waals surface area contributed by atoms with E-state index in [0.717, 1.165) is 5.56 Å². The Morgan fingerprint density at radius 1 is 1.11 bits per heavy atom. The van der Waals surface area contributed by atoms with Crippen molar-refractivity contribution in [3.05, 3.63) is 36.3 Å². The van der Waals surface area contributed by atoms with Gasteiger partial charge in [-0.05, 0) is 24.3 Å². The molecule has 0 saturated carbocycles. The van der Waals surface area contributed by atoms with Gasteiger partial charge in [0.2, 0.25) is 0 Å². The first kappa shape index (κ1) is 12.0. The maximum atomic E-state index is 10.7. The average molecular weight is 244 g/mol. The smallest absolute Gasteiger partial charge is 0.168 e. The minimum Gasteiger partial charge on any atom is -0.497 e. The zero-order valence-corrected chi connectivity index (χ0v) is 10.1. The third-order valence-electron chi connectivity index (χ3n) is 2.49. The van der Waals surface area contributed by atoms with Crippen molar-refractivity contribution in [2.75, 3.05) is 14.2 Å². The molecule has 0 aliphatic heterocycles. The van der Waals surface area contributed by atoms with Gasteiger partial charge in [-0.3, -0.25) is 4.79 Å². The van der Waals surface area contributed by atoms with Crippen LogP contribution in [0.4, 0.5) is 0 Å². The van der Waals surface area contributed by atoms with Gasteiger partial charge in [-0.2, -0.15) is 0 Å². The lowest BCUT2D eigenvalue weighted by atomic mass is 10.1. The molecule has 0 N–H and O–H groups in total. The van der Waals surface area contributed by atoms with Crippen LogP contribution in [0.15, 0.2) is 30.6 Å². The van der Waals surface area contributed by atoms with E-state index in [9.17, 15) is 4.79 Å². The predicted molar refractivity (Wildman–Crippen MR) is 66.0 cm³/mol. The van der Waals surface area contributed by atoms with Gasteiger partial charge in [0.1, 0.15) is 23.5 Å². The molecule has 1 aromatic carbocycles. The minimum absolute atomic E-state index is 0.324. The van der Waals surface area contributed by atoms with Crippen molar-refractivity contribution in [2.24, 2.45) is 0 Å². The van der Waals surface area contributed by atoms with Crippen LogP contribution < -0.4 is 9.47 Å². The van der Waals surface area contributed by atoms with Gasteiger partial charge in [0.15, 0.2) is 6.29 Å². The number of benzene rings is 1. The maximum Gasteiger partial charge on any atom is 0.168 e. The van der Waals surface area contributed by atoms with Crippen LogP contribution in [0.3, 0.4) is 0 Å². The molecule has 18 heavy (non-hydrogen) atoms. The normalized spacial score (nSPS) is 9.89. The van der Waals surface area contributed by atoms with E-state index in [0.29, 0.717) is 29.2 Å². The lowest BCUT2D eigenvalue weighted by Crippen LogP contribution is -1.95. The van der Waals surface area contributed by atoms with E-state index in [1.807, 2.05) is 0 Å². The van der Waals surface area contributed by atoms with Crippen LogP contribution in [0.5, 0.6) is 11.5 Å². The number of hydrogen-bond acceptors (Lipinski definition) is 5. The fourth-order valence-corrected chi connectivity index (χ4v) is 1.60. The second-order valence-electron chi connectivity index (χ2n) is 3.51. The molecule has 0 amide bonds. The monoisotopic (exact) mass is 244 g/mol. The first-order valence-corrected chi connectivity index (χ1v) is 5.28. The molecule has 0 unspecified atom stereocenters. The maximum absolute atomic E-state index is 10.7. The summed E-state index contributed by atoms with van der Waals surface area (Å²) in [6, 6.07) is 6.99. The summed E-state index contributed by atoms with van der Waals surface area (Å²) in [6.07, 6.45) is 2.02. The standard InChI is InChI=1S/C13H12N2O3/c1-17-10-3-4-13(18-2)11(6-10)12-5-9(7-16)14-8-15-12/h3-8H,1-2H3. The van der Waals surface area contributed by atoms with Gasteiger partial charge < -0.3 is 9.47 Å². The zero-order valence-electron chi connectivity index (χ0n) is 10.1. The van der Waals surface area contributed by atoms with Crippen molar-refractivity contribution in [1.82, 2.24) is 9.97 Å². The number of aldehydes is 1.